The van der Waals surface area contributed by atoms with E-state index in [0.717, 1.165) is 0 Å². The smallest absolute Gasteiger partial charge is 0.0626 e. The van der Waals surface area contributed by atoms with E-state index in [4.69, 9.17) is 0 Å². The summed E-state index contributed by atoms with van der Waals surface area (Å²) >= 11 is 0. The van der Waals surface area contributed by atoms with Crippen LogP contribution in [0.25, 0.3) is 92.1 Å². The molecule has 0 aliphatic carbocycles. The van der Waals surface area contributed by atoms with Crippen molar-refractivity contribution in [1.29, 1.82) is 0 Å². The zero-order valence-corrected chi connectivity index (χ0v) is 23.4. The first kappa shape index (κ1) is 23.0. The molecule has 0 saturated carbocycles. The number of hydrogen-bond acceptors (Lipinski definition) is 0. The molecule has 0 fully saturated rings. The zero-order chi connectivity index (χ0) is 28.1. The van der Waals surface area contributed by atoms with Crippen molar-refractivity contribution in [2.24, 2.45) is 0 Å². The lowest BCUT2D eigenvalue weighted by Crippen LogP contribution is -1.96. The Morgan fingerprint density at radius 3 is 1.49 bits per heavy atom. The predicted octanol–water partition coefficient (Wildman–Crippen LogP) is 11.7. The Bertz CT molecular complexity index is 2740. The summed E-state index contributed by atoms with van der Waals surface area (Å²) in [7, 11) is 0. The van der Waals surface area contributed by atoms with Gasteiger partial charge in [-0.25, -0.2) is 0 Å². The van der Waals surface area contributed by atoms with Gasteiger partial charge in [-0.05, 0) is 77.4 Å². The van der Waals surface area contributed by atoms with Gasteiger partial charge in [0, 0.05) is 21.8 Å². The molecule has 0 aliphatic heterocycles. The van der Waals surface area contributed by atoms with Crippen molar-refractivity contribution in [2.75, 3.05) is 0 Å². The summed E-state index contributed by atoms with van der Waals surface area (Å²) in [5.74, 6) is 0. The number of hydrogen-bond donors (Lipinski definition) is 0. The first-order chi connectivity index (χ1) is 21.4. The van der Waals surface area contributed by atoms with Gasteiger partial charge in [-0.2, -0.15) is 0 Å². The van der Waals surface area contributed by atoms with Gasteiger partial charge in [0.05, 0.1) is 11.0 Å². The SMILES string of the molecule is c1ccc2c(c1)ccc1c2c2ccccc2c2c3ccccc3n(-c3ccc4c5ccccc5c5ccccc5c4c3)c12. The van der Waals surface area contributed by atoms with Crippen LogP contribution in [0.15, 0.2) is 152 Å². The van der Waals surface area contributed by atoms with Crippen molar-refractivity contribution in [3.63, 3.8) is 0 Å². The number of para-hydroxylation sites is 1. The quantitative estimate of drug-likeness (QED) is 0.181. The van der Waals surface area contributed by atoms with Crippen LogP contribution in [0.1, 0.15) is 0 Å². The number of rotatable bonds is 1. The second-order valence-electron chi connectivity index (χ2n) is 11.7. The van der Waals surface area contributed by atoms with E-state index in [1.165, 1.54) is 92.1 Å². The Balaban J connectivity index is 1.45. The van der Waals surface area contributed by atoms with Gasteiger partial charge >= 0.3 is 0 Å². The van der Waals surface area contributed by atoms with Gasteiger partial charge in [0.25, 0.3) is 0 Å². The van der Waals surface area contributed by atoms with Crippen molar-refractivity contribution in [3.8, 4) is 5.69 Å². The molecule has 0 N–H and O–H groups in total. The van der Waals surface area contributed by atoms with Gasteiger partial charge in [0.15, 0.2) is 0 Å². The molecule has 0 bridgehead atoms. The van der Waals surface area contributed by atoms with Crippen LogP contribution in [0.4, 0.5) is 0 Å². The molecule has 0 atom stereocenters. The molecule has 9 aromatic carbocycles. The van der Waals surface area contributed by atoms with Crippen molar-refractivity contribution >= 4 is 86.4 Å². The maximum absolute atomic E-state index is 2.51. The molecule has 0 amide bonds. The lowest BCUT2D eigenvalue weighted by molar-refractivity contribution is 1.19. The minimum absolute atomic E-state index is 1.18. The summed E-state index contributed by atoms with van der Waals surface area (Å²) in [6, 6.07) is 56.0. The third-order valence-electron chi connectivity index (χ3n) is 9.51. The molecule has 0 aliphatic rings. The molecule has 1 heteroatoms. The topological polar surface area (TPSA) is 4.93 Å². The molecule has 1 nitrogen and oxygen atoms in total. The second-order valence-corrected chi connectivity index (χ2v) is 11.7. The minimum Gasteiger partial charge on any atom is -0.309 e. The molecule has 10 aromatic rings. The Labute approximate surface area is 247 Å². The molecule has 0 spiro atoms. The van der Waals surface area contributed by atoms with E-state index < -0.39 is 0 Å². The highest BCUT2D eigenvalue weighted by Gasteiger charge is 2.20. The molecule has 10 rings (SSSR count). The first-order valence-electron chi connectivity index (χ1n) is 15.0. The average Bonchev–Trinajstić information content (AvgIpc) is 3.44. The molecule has 198 valence electrons. The zero-order valence-electron chi connectivity index (χ0n) is 23.4. The van der Waals surface area contributed by atoms with E-state index in [2.05, 4.69) is 156 Å². The van der Waals surface area contributed by atoms with E-state index in [1.807, 2.05) is 0 Å². The van der Waals surface area contributed by atoms with Crippen LogP contribution in [0, 0.1) is 0 Å². The monoisotopic (exact) mass is 543 g/mol. The Hall–Kier alpha value is -5.66. The van der Waals surface area contributed by atoms with Crippen molar-refractivity contribution in [1.82, 2.24) is 4.57 Å². The van der Waals surface area contributed by atoms with Gasteiger partial charge in [0.1, 0.15) is 0 Å². The molecule has 43 heavy (non-hydrogen) atoms. The van der Waals surface area contributed by atoms with Crippen molar-refractivity contribution in [2.45, 2.75) is 0 Å². The van der Waals surface area contributed by atoms with E-state index in [9.17, 15) is 0 Å². The van der Waals surface area contributed by atoms with E-state index in [0.29, 0.717) is 0 Å². The molecular weight excluding hydrogens is 518 g/mol. The van der Waals surface area contributed by atoms with Gasteiger partial charge in [-0.3, -0.25) is 0 Å². The number of aromatic nitrogens is 1. The summed E-state index contributed by atoms with van der Waals surface area (Å²) in [4.78, 5) is 0. The molecular formula is C42H25N. The summed E-state index contributed by atoms with van der Waals surface area (Å²) in [6.07, 6.45) is 0. The largest absolute Gasteiger partial charge is 0.309 e. The van der Waals surface area contributed by atoms with Crippen LogP contribution in [0.5, 0.6) is 0 Å². The van der Waals surface area contributed by atoms with E-state index in [1.54, 1.807) is 0 Å². The Morgan fingerprint density at radius 1 is 0.302 bits per heavy atom. The van der Waals surface area contributed by atoms with E-state index >= 15 is 0 Å². The molecule has 1 aromatic heterocycles. The van der Waals surface area contributed by atoms with Crippen molar-refractivity contribution < 1.29 is 0 Å². The number of fused-ring (bicyclic) bond motifs is 16. The fraction of sp³-hybridized carbons (Fsp3) is 0. The maximum atomic E-state index is 2.51. The average molecular weight is 544 g/mol. The minimum atomic E-state index is 1.18. The Kier molecular flexibility index (Phi) is 4.51. The third-order valence-corrected chi connectivity index (χ3v) is 9.51. The molecule has 1 heterocycles. The molecule has 0 unspecified atom stereocenters. The van der Waals surface area contributed by atoms with Crippen molar-refractivity contribution in [3.05, 3.63) is 152 Å². The summed E-state index contributed by atoms with van der Waals surface area (Å²) in [5.41, 5.74) is 3.68. The van der Waals surface area contributed by atoms with Crippen LogP contribution in [0.2, 0.25) is 0 Å². The lowest BCUT2D eigenvalue weighted by atomic mass is 9.93. The Morgan fingerprint density at radius 2 is 0.791 bits per heavy atom. The van der Waals surface area contributed by atoms with Gasteiger partial charge in [-0.15, -0.1) is 0 Å². The van der Waals surface area contributed by atoms with Gasteiger partial charge in [0.2, 0.25) is 0 Å². The molecule has 0 radical (unpaired) electrons. The fourth-order valence-corrected chi connectivity index (χ4v) is 7.75. The second kappa shape index (κ2) is 8.44. The predicted molar refractivity (Wildman–Crippen MR) is 186 cm³/mol. The number of benzene rings is 9. The highest BCUT2D eigenvalue weighted by atomic mass is 15.0. The van der Waals surface area contributed by atoms with Crippen LogP contribution >= 0.6 is 0 Å². The van der Waals surface area contributed by atoms with E-state index in [-0.39, 0.29) is 0 Å². The number of nitrogens with zero attached hydrogens (tertiary/aromatic N) is 1. The normalized spacial score (nSPS) is 12.2. The lowest BCUT2D eigenvalue weighted by Gasteiger charge is -2.16. The van der Waals surface area contributed by atoms with Crippen LogP contribution in [-0.4, -0.2) is 4.57 Å². The highest BCUT2D eigenvalue weighted by Crippen LogP contribution is 2.45. The maximum Gasteiger partial charge on any atom is 0.0626 e. The summed E-state index contributed by atoms with van der Waals surface area (Å²) in [6.45, 7) is 0. The summed E-state index contributed by atoms with van der Waals surface area (Å²) < 4.78 is 2.51. The van der Waals surface area contributed by atoms with Crippen LogP contribution in [-0.2, 0) is 0 Å². The fourth-order valence-electron chi connectivity index (χ4n) is 7.75. The molecule has 0 saturated heterocycles. The van der Waals surface area contributed by atoms with Gasteiger partial charge < -0.3 is 4.57 Å². The standard InChI is InChI=1S/C42H25N/c1-2-12-28-26(11-1)21-23-37-40(28)34-17-7-8-18-35(34)41-36-19-9-10-20-39(36)43(42(37)41)27-22-24-33-31-15-4-3-13-29(31)30-14-5-6-16-32(30)38(33)25-27/h1-25H. The van der Waals surface area contributed by atoms with Crippen LogP contribution < -0.4 is 0 Å². The third kappa shape index (κ3) is 3.01. The van der Waals surface area contributed by atoms with Gasteiger partial charge in [-0.1, -0.05) is 133 Å². The summed E-state index contributed by atoms with van der Waals surface area (Å²) in [5, 5.41) is 18.2. The highest BCUT2D eigenvalue weighted by molar-refractivity contribution is 6.36. The van der Waals surface area contributed by atoms with Crippen LogP contribution in [0.3, 0.4) is 0 Å². The first-order valence-corrected chi connectivity index (χ1v) is 15.0.